The van der Waals surface area contributed by atoms with Crippen LogP contribution in [0, 0.1) is 0 Å². The first-order chi connectivity index (χ1) is 22.0. The van der Waals surface area contributed by atoms with E-state index in [0.717, 1.165) is 25.4 Å². The predicted molar refractivity (Wildman–Crippen MR) is 196 cm³/mol. The molecule has 0 amide bonds. The van der Waals surface area contributed by atoms with Gasteiger partial charge in [-0.05, 0) is 118 Å². The van der Waals surface area contributed by atoms with Crippen LogP contribution in [0.1, 0.15) is 67.2 Å². The second kappa shape index (κ2) is 15.2. The Hall–Kier alpha value is -2.12. The van der Waals surface area contributed by atoms with Gasteiger partial charge in [0.15, 0.2) is 0 Å². The summed E-state index contributed by atoms with van der Waals surface area (Å²) >= 11 is 15.9. The number of fused-ring (bicyclic) bond motifs is 3. The summed E-state index contributed by atoms with van der Waals surface area (Å²) < 4.78 is 0. The fourth-order valence-electron chi connectivity index (χ4n) is 7.13. The first-order valence-electron chi connectivity index (χ1n) is 16.1. The highest BCUT2D eigenvalue weighted by Gasteiger charge is 2.28. The molecule has 3 nitrogen and oxygen atoms in total. The number of halogens is 2. The fraction of sp³-hybridized carbons (Fsp3) is 0.368. The van der Waals surface area contributed by atoms with Gasteiger partial charge in [-0.15, -0.1) is 11.8 Å². The number of likely N-dealkylation sites (tertiary alicyclic amines) is 1. The Balaban J connectivity index is 0.000000163. The number of anilines is 2. The van der Waals surface area contributed by atoms with Gasteiger partial charge in [-0.25, -0.2) is 0 Å². The third-order valence-corrected chi connectivity index (χ3v) is 12.2. The van der Waals surface area contributed by atoms with Crippen LogP contribution in [-0.4, -0.2) is 44.4 Å². The van der Waals surface area contributed by atoms with Gasteiger partial charge in [-0.2, -0.15) is 0 Å². The molecule has 2 aliphatic heterocycles. The molecule has 0 aromatic heterocycles. The van der Waals surface area contributed by atoms with E-state index >= 15 is 0 Å². The van der Waals surface area contributed by atoms with Gasteiger partial charge in [0.25, 0.3) is 0 Å². The minimum absolute atomic E-state index is 0.408. The van der Waals surface area contributed by atoms with Gasteiger partial charge in [-0.1, -0.05) is 83.8 Å². The Morgan fingerprint density at radius 2 is 1.60 bits per heavy atom. The lowest BCUT2D eigenvalue weighted by atomic mass is 9.77. The van der Waals surface area contributed by atoms with Crippen molar-refractivity contribution in [3.8, 4) is 0 Å². The van der Waals surface area contributed by atoms with Gasteiger partial charge in [0.2, 0.25) is 0 Å². The average Bonchev–Trinajstić information content (AvgIpc) is 3.08. The monoisotopic (exact) mass is 675 g/mol. The van der Waals surface area contributed by atoms with E-state index in [-0.39, 0.29) is 0 Å². The molecular formula is C38H43Cl2N3S2. The highest BCUT2D eigenvalue weighted by Crippen LogP contribution is 2.49. The van der Waals surface area contributed by atoms with Gasteiger partial charge in [0.1, 0.15) is 0 Å². The molecule has 7 heteroatoms. The molecule has 0 bridgehead atoms. The van der Waals surface area contributed by atoms with Gasteiger partial charge in [0.05, 0.1) is 21.4 Å². The van der Waals surface area contributed by atoms with Crippen LogP contribution in [0.3, 0.4) is 0 Å². The Morgan fingerprint density at radius 3 is 2.38 bits per heavy atom. The van der Waals surface area contributed by atoms with E-state index in [2.05, 4.69) is 101 Å². The standard InChI is InChI=1S/C21H26N2S2.C17H17Cl2N/c1-22-13-6-5-7-16(22)12-14-23-18-8-3-4-9-20(18)25-21-11-10-17(24-2)15-19(21)23;1-20-17-9-7-12(13-4-2-3-5-14(13)17)11-6-8-15(18)16(19)10-11/h3-4,8-11,15-16H,5-7,12-14H2,1-2H3;2-6,8,10,12,17,20H,7,9H2,1H3/t;12-,17-/m.0/s1. The van der Waals surface area contributed by atoms with E-state index in [1.807, 2.05) is 42.7 Å². The van der Waals surface area contributed by atoms with Gasteiger partial charge < -0.3 is 15.1 Å². The lowest BCUT2D eigenvalue weighted by molar-refractivity contribution is 0.178. The van der Waals surface area contributed by atoms with Crippen molar-refractivity contribution in [3.63, 3.8) is 0 Å². The van der Waals surface area contributed by atoms with Crippen molar-refractivity contribution < 1.29 is 0 Å². The molecule has 45 heavy (non-hydrogen) atoms. The summed E-state index contributed by atoms with van der Waals surface area (Å²) in [5, 5.41) is 4.66. The molecular weight excluding hydrogens is 633 g/mol. The van der Waals surface area contributed by atoms with Crippen LogP contribution in [0.5, 0.6) is 0 Å². The summed E-state index contributed by atoms with van der Waals surface area (Å²) in [6, 6.07) is 31.6. The van der Waals surface area contributed by atoms with Crippen LogP contribution in [0.2, 0.25) is 10.0 Å². The number of nitrogens with one attached hydrogen (secondary N) is 1. The largest absolute Gasteiger partial charge is 0.340 e. The Morgan fingerprint density at radius 1 is 0.822 bits per heavy atom. The Kier molecular flexibility index (Phi) is 11.1. The lowest BCUT2D eigenvalue weighted by Crippen LogP contribution is -2.38. The summed E-state index contributed by atoms with van der Waals surface area (Å²) in [6.45, 7) is 2.35. The number of piperidine rings is 1. The van der Waals surface area contributed by atoms with Crippen molar-refractivity contribution in [3.05, 3.63) is 112 Å². The summed E-state index contributed by atoms with van der Waals surface area (Å²) in [5.74, 6) is 0.408. The molecule has 4 aromatic rings. The summed E-state index contributed by atoms with van der Waals surface area (Å²) in [7, 11) is 4.32. The number of thioether (sulfide) groups is 1. The highest BCUT2D eigenvalue weighted by atomic mass is 35.5. The summed E-state index contributed by atoms with van der Waals surface area (Å²) in [4.78, 5) is 9.23. The molecule has 1 unspecified atom stereocenters. The van der Waals surface area contributed by atoms with Crippen molar-refractivity contribution in [2.24, 2.45) is 0 Å². The minimum Gasteiger partial charge on any atom is -0.340 e. The fourth-order valence-corrected chi connectivity index (χ4v) is 8.95. The topological polar surface area (TPSA) is 18.5 Å². The summed E-state index contributed by atoms with van der Waals surface area (Å²) in [5.41, 5.74) is 6.81. The molecule has 1 aliphatic carbocycles. The van der Waals surface area contributed by atoms with E-state index in [9.17, 15) is 0 Å². The number of hydrogen-bond donors (Lipinski definition) is 1. The van der Waals surface area contributed by atoms with Gasteiger partial charge in [-0.3, -0.25) is 0 Å². The zero-order valence-corrected chi connectivity index (χ0v) is 29.6. The van der Waals surface area contributed by atoms with E-state index in [0.29, 0.717) is 22.0 Å². The number of para-hydroxylation sites is 1. The number of rotatable bonds is 6. The Labute approximate surface area is 288 Å². The molecule has 3 aliphatic rings. The maximum Gasteiger partial charge on any atom is 0.0595 e. The molecule has 1 saturated heterocycles. The third kappa shape index (κ3) is 7.40. The van der Waals surface area contributed by atoms with Crippen LogP contribution in [0.15, 0.2) is 99.6 Å². The number of hydrogen-bond acceptors (Lipinski definition) is 5. The van der Waals surface area contributed by atoms with Gasteiger partial charge >= 0.3 is 0 Å². The first-order valence-corrected chi connectivity index (χ1v) is 18.9. The van der Waals surface area contributed by atoms with Crippen LogP contribution in [0.25, 0.3) is 0 Å². The second-order valence-corrected chi connectivity index (χ2v) is 15.0. The normalized spacial score (nSPS) is 20.8. The first kappa shape index (κ1) is 32.8. The minimum atomic E-state index is 0.408. The molecule has 3 atom stereocenters. The molecule has 4 aromatic carbocycles. The SMILES string of the molecule is CN[C@H]1CC[C@@H](c2ccc(Cl)c(Cl)c2)c2ccccc21.CSc1ccc2c(c1)N(CCC1CCCCN1C)c1ccccc1S2. The highest BCUT2D eigenvalue weighted by molar-refractivity contribution is 8.00. The number of benzene rings is 4. The second-order valence-electron chi connectivity index (χ2n) is 12.2. The van der Waals surface area contributed by atoms with Crippen molar-refractivity contribution in [1.82, 2.24) is 10.2 Å². The van der Waals surface area contributed by atoms with E-state index in [1.165, 1.54) is 75.0 Å². The molecule has 2 heterocycles. The molecule has 1 N–H and O–H groups in total. The molecule has 0 saturated carbocycles. The van der Waals surface area contributed by atoms with Crippen LogP contribution < -0.4 is 10.2 Å². The average molecular weight is 677 g/mol. The third-order valence-electron chi connectivity index (χ3n) is 9.63. The lowest BCUT2D eigenvalue weighted by Gasteiger charge is -2.37. The number of nitrogens with zero attached hydrogens (tertiary/aromatic N) is 2. The molecule has 0 spiro atoms. The van der Waals surface area contributed by atoms with Crippen molar-refractivity contribution in [2.75, 3.05) is 38.3 Å². The zero-order valence-electron chi connectivity index (χ0n) is 26.4. The van der Waals surface area contributed by atoms with Crippen LogP contribution >= 0.6 is 46.7 Å². The van der Waals surface area contributed by atoms with Crippen LogP contribution in [0.4, 0.5) is 11.4 Å². The predicted octanol–water partition coefficient (Wildman–Crippen LogP) is 11.1. The van der Waals surface area contributed by atoms with E-state index in [1.54, 1.807) is 0 Å². The van der Waals surface area contributed by atoms with Crippen molar-refractivity contribution in [2.45, 2.75) is 71.2 Å². The summed E-state index contributed by atoms with van der Waals surface area (Å²) in [6.07, 6.45) is 9.74. The molecule has 1 fully saturated rings. The molecule has 0 radical (unpaired) electrons. The Bertz CT molecular complexity index is 1610. The zero-order chi connectivity index (χ0) is 31.3. The van der Waals surface area contributed by atoms with Crippen molar-refractivity contribution in [1.29, 1.82) is 0 Å². The molecule has 236 valence electrons. The van der Waals surface area contributed by atoms with E-state index in [4.69, 9.17) is 23.2 Å². The maximum atomic E-state index is 6.17. The van der Waals surface area contributed by atoms with Crippen molar-refractivity contribution >= 4 is 58.1 Å². The molecule has 7 rings (SSSR count). The van der Waals surface area contributed by atoms with Crippen LogP contribution in [-0.2, 0) is 0 Å². The smallest absolute Gasteiger partial charge is 0.0595 e. The maximum absolute atomic E-state index is 6.17. The van der Waals surface area contributed by atoms with E-state index < -0.39 is 0 Å². The quantitative estimate of drug-likeness (QED) is 0.204. The van der Waals surface area contributed by atoms with Gasteiger partial charge in [0, 0.05) is 39.2 Å².